The van der Waals surface area contributed by atoms with Crippen molar-refractivity contribution in [1.82, 2.24) is 9.97 Å². The van der Waals surface area contributed by atoms with E-state index < -0.39 is 0 Å². The quantitative estimate of drug-likeness (QED) is 0.352. The first kappa shape index (κ1) is 19.8. The van der Waals surface area contributed by atoms with Crippen LogP contribution in [-0.2, 0) is 4.79 Å². The van der Waals surface area contributed by atoms with Crippen LogP contribution < -0.4 is 0 Å². The minimum absolute atomic E-state index is 0.151. The van der Waals surface area contributed by atoms with Gasteiger partial charge in [0.15, 0.2) is 5.78 Å². The summed E-state index contributed by atoms with van der Waals surface area (Å²) in [5.74, 6) is 0.151. The smallest absolute Gasteiger partial charge is 0.185 e. The summed E-state index contributed by atoms with van der Waals surface area (Å²) in [5, 5.41) is 0. The first-order valence-electron chi connectivity index (χ1n) is 10.7. The van der Waals surface area contributed by atoms with Crippen LogP contribution in [0.3, 0.4) is 0 Å². The van der Waals surface area contributed by atoms with Crippen LogP contribution in [0.5, 0.6) is 0 Å². The Hall–Kier alpha value is -4.11. The van der Waals surface area contributed by atoms with Crippen molar-refractivity contribution in [2.75, 3.05) is 0 Å². The van der Waals surface area contributed by atoms with Crippen LogP contribution in [0.4, 0.5) is 0 Å². The molecule has 4 aromatic rings. The van der Waals surface area contributed by atoms with Crippen molar-refractivity contribution in [2.24, 2.45) is 0 Å². The van der Waals surface area contributed by atoms with Crippen molar-refractivity contribution in [2.45, 2.75) is 12.8 Å². The van der Waals surface area contributed by atoms with Gasteiger partial charge in [0.05, 0.1) is 0 Å². The second-order valence-corrected chi connectivity index (χ2v) is 7.90. The zero-order chi connectivity index (χ0) is 21.8. The van der Waals surface area contributed by atoms with Crippen LogP contribution >= 0.6 is 0 Å². The predicted octanol–water partition coefficient (Wildman–Crippen LogP) is 6.64. The number of rotatable bonds is 4. The van der Waals surface area contributed by atoms with Crippen LogP contribution in [0.15, 0.2) is 109 Å². The molecular weight excluding hydrogens is 392 g/mol. The molecule has 0 saturated heterocycles. The van der Waals surface area contributed by atoms with E-state index in [0.29, 0.717) is 0 Å². The van der Waals surface area contributed by atoms with E-state index in [1.807, 2.05) is 48.8 Å². The monoisotopic (exact) mass is 414 g/mol. The molecule has 1 saturated carbocycles. The number of allylic oxidation sites excluding steroid dienone is 2. The summed E-state index contributed by atoms with van der Waals surface area (Å²) in [5.41, 5.74) is 8.24. The highest BCUT2D eigenvalue weighted by molar-refractivity contribution is 6.15. The number of ketones is 1. The largest absolute Gasteiger partial charge is 0.289 e. The van der Waals surface area contributed by atoms with Gasteiger partial charge < -0.3 is 0 Å². The standard InChI is InChI=1S/C29H22N2O/c32-29-25(17-21-5-9-23(10-6-21)27-3-1-15-30-19-27)13-14-26(29)18-22-7-11-24(12-8-22)28-4-2-16-31-20-28/h1-12,15-20H,13-14H2. The van der Waals surface area contributed by atoms with Crippen LogP contribution in [-0.4, -0.2) is 15.8 Å². The topological polar surface area (TPSA) is 42.9 Å². The Morgan fingerprint density at radius 3 is 1.38 bits per heavy atom. The third-order valence-corrected chi connectivity index (χ3v) is 5.74. The molecule has 5 rings (SSSR count). The van der Waals surface area contributed by atoms with Gasteiger partial charge in [-0.05, 0) is 70.5 Å². The Kier molecular flexibility index (Phi) is 5.54. The highest BCUT2D eigenvalue weighted by Gasteiger charge is 2.22. The van der Waals surface area contributed by atoms with Crippen molar-refractivity contribution < 1.29 is 4.79 Å². The predicted molar refractivity (Wildman–Crippen MR) is 130 cm³/mol. The maximum absolute atomic E-state index is 12.9. The molecule has 1 aliphatic carbocycles. The van der Waals surface area contributed by atoms with E-state index in [2.05, 4.69) is 58.5 Å². The average Bonchev–Trinajstić information content (AvgIpc) is 3.20. The lowest BCUT2D eigenvalue weighted by molar-refractivity contribution is -0.111. The van der Waals surface area contributed by atoms with Gasteiger partial charge in [0, 0.05) is 35.9 Å². The maximum Gasteiger partial charge on any atom is 0.185 e. The third kappa shape index (κ3) is 4.33. The molecule has 3 nitrogen and oxygen atoms in total. The molecule has 0 spiro atoms. The van der Waals surface area contributed by atoms with E-state index >= 15 is 0 Å². The molecule has 154 valence electrons. The number of aromatic nitrogens is 2. The van der Waals surface area contributed by atoms with Gasteiger partial charge in [0.25, 0.3) is 0 Å². The first-order chi connectivity index (χ1) is 15.8. The molecule has 1 fully saturated rings. The van der Waals surface area contributed by atoms with Gasteiger partial charge >= 0.3 is 0 Å². The number of carbonyl (C=O) groups is 1. The number of Topliss-reactive ketones (excluding diaryl/α,β-unsaturated/α-hetero) is 1. The molecule has 0 aliphatic heterocycles. The Morgan fingerprint density at radius 2 is 1.00 bits per heavy atom. The molecule has 3 heteroatoms. The third-order valence-electron chi connectivity index (χ3n) is 5.74. The number of nitrogens with zero attached hydrogens (tertiary/aromatic N) is 2. The molecule has 0 amide bonds. The van der Waals surface area contributed by atoms with E-state index in [0.717, 1.165) is 57.4 Å². The van der Waals surface area contributed by atoms with Crippen molar-refractivity contribution >= 4 is 17.9 Å². The Labute approximate surface area is 187 Å². The zero-order valence-electron chi connectivity index (χ0n) is 17.6. The second-order valence-electron chi connectivity index (χ2n) is 7.90. The fourth-order valence-corrected chi connectivity index (χ4v) is 3.99. The fraction of sp³-hybridized carbons (Fsp3) is 0.0690. The molecule has 32 heavy (non-hydrogen) atoms. The molecule has 0 unspecified atom stereocenters. The summed E-state index contributed by atoms with van der Waals surface area (Å²) >= 11 is 0. The van der Waals surface area contributed by atoms with E-state index in [1.54, 1.807) is 12.4 Å². The summed E-state index contributed by atoms with van der Waals surface area (Å²) < 4.78 is 0. The van der Waals surface area contributed by atoms with Gasteiger partial charge in [-0.15, -0.1) is 0 Å². The van der Waals surface area contributed by atoms with Crippen molar-refractivity contribution in [3.05, 3.63) is 120 Å². The lowest BCUT2D eigenvalue weighted by atomic mass is 10.0. The summed E-state index contributed by atoms with van der Waals surface area (Å²) in [6.45, 7) is 0. The van der Waals surface area contributed by atoms with Crippen molar-refractivity contribution in [3.63, 3.8) is 0 Å². The summed E-state index contributed by atoms with van der Waals surface area (Å²) in [7, 11) is 0. The van der Waals surface area contributed by atoms with Crippen LogP contribution in [0.25, 0.3) is 34.4 Å². The second kappa shape index (κ2) is 8.94. The van der Waals surface area contributed by atoms with Crippen LogP contribution in [0, 0.1) is 0 Å². The van der Waals surface area contributed by atoms with E-state index in [-0.39, 0.29) is 5.78 Å². The van der Waals surface area contributed by atoms with Gasteiger partial charge in [0.2, 0.25) is 0 Å². The zero-order valence-corrected chi connectivity index (χ0v) is 17.6. The van der Waals surface area contributed by atoms with E-state index in [4.69, 9.17) is 0 Å². The number of pyridine rings is 2. The number of benzene rings is 2. The average molecular weight is 415 g/mol. The summed E-state index contributed by atoms with van der Waals surface area (Å²) in [6.07, 6.45) is 12.8. The number of carbonyl (C=O) groups excluding carboxylic acids is 1. The Balaban J connectivity index is 1.31. The summed E-state index contributed by atoms with van der Waals surface area (Å²) in [6, 6.07) is 24.5. The van der Waals surface area contributed by atoms with E-state index in [9.17, 15) is 4.79 Å². The number of hydrogen-bond donors (Lipinski definition) is 0. The van der Waals surface area contributed by atoms with Gasteiger partial charge in [-0.2, -0.15) is 0 Å². The van der Waals surface area contributed by atoms with Gasteiger partial charge in [0.1, 0.15) is 0 Å². The first-order valence-corrected chi connectivity index (χ1v) is 10.7. The molecule has 2 heterocycles. The van der Waals surface area contributed by atoms with Crippen LogP contribution in [0.2, 0.25) is 0 Å². The minimum Gasteiger partial charge on any atom is -0.289 e. The highest BCUT2D eigenvalue weighted by Crippen LogP contribution is 2.30. The van der Waals surface area contributed by atoms with Gasteiger partial charge in [-0.25, -0.2) is 0 Å². The molecule has 0 N–H and O–H groups in total. The molecule has 0 atom stereocenters. The van der Waals surface area contributed by atoms with Crippen LogP contribution in [0.1, 0.15) is 24.0 Å². The molecule has 1 aliphatic rings. The lowest BCUT2D eigenvalue weighted by Gasteiger charge is -2.03. The fourth-order valence-electron chi connectivity index (χ4n) is 3.99. The number of hydrogen-bond acceptors (Lipinski definition) is 3. The summed E-state index contributed by atoms with van der Waals surface area (Å²) in [4.78, 5) is 21.3. The normalized spacial score (nSPS) is 16.1. The van der Waals surface area contributed by atoms with Crippen molar-refractivity contribution in [3.8, 4) is 22.3 Å². The van der Waals surface area contributed by atoms with Gasteiger partial charge in [-0.3, -0.25) is 14.8 Å². The molecular formula is C29H22N2O. The van der Waals surface area contributed by atoms with Crippen molar-refractivity contribution in [1.29, 1.82) is 0 Å². The lowest BCUT2D eigenvalue weighted by Crippen LogP contribution is -1.95. The molecule has 0 radical (unpaired) electrons. The molecule has 2 aromatic heterocycles. The van der Waals surface area contributed by atoms with Gasteiger partial charge in [-0.1, -0.05) is 60.7 Å². The maximum atomic E-state index is 12.9. The highest BCUT2D eigenvalue weighted by atomic mass is 16.1. The minimum atomic E-state index is 0.151. The molecule has 0 bridgehead atoms. The molecule has 2 aromatic carbocycles. The Morgan fingerprint density at radius 1 is 0.562 bits per heavy atom. The SMILES string of the molecule is O=C1C(=Cc2ccc(-c3cccnc3)cc2)CCC1=Cc1ccc(-c2cccnc2)cc1. The Bertz CT molecular complexity index is 1180. The van der Waals surface area contributed by atoms with E-state index in [1.165, 1.54) is 0 Å².